The van der Waals surface area contributed by atoms with Gasteiger partial charge in [-0.2, -0.15) is 0 Å². The number of Topliss-reactive ketones (excluding diaryl/α,β-unsaturated/α-hetero) is 1. The van der Waals surface area contributed by atoms with Gasteiger partial charge in [0, 0.05) is 23.0 Å². The number of allylic oxidation sites excluding steroid dienone is 4. The van der Waals surface area contributed by atoms with E-state index in [1.165, 1.54) is 15.4 Å². The number of hydrogen-bond donors (Lipinski definition) is 1. The maximum atomic E-state index is 15.0. The molecular weight excluding hydrogens is 663 g/mol. The van der Waals surface area contributed by atoms with Crippen LogP contribution in [0.1, 0.15) is 35.1 Å². The Labute approximate surface area is 287 Å². The third-order valence-electron chi connectivity index (χ3n) is 10.2. The molecule has 0 radical (unpaired) electrons. The second-order valence-corrected chi connectivity index (χ2v) is 12.8. The van der Waals surface area contributed by atoms with E-state index in [4.69, 9.17) is 0 Å². The Kier molecular flexibility index (Phi) is 7.37. The smallest absolute Gasteiger partial charge is 0.508 e. The zero-order chi connectivity index (χ0) is 35.7. The molecule has 4 unspecified atom stereocenters. The average molecular weight is 692 g/mol. The highest BCUT2D eigenvalue weighted by Crippen LogP contribution is 2.62. The Morgan fingerprint density at radius 1 is 0.804 bits per heavy atom. The van der Waals surface area contributed by atoms with Gasteiger partial charge in [0.15, 0.2) is 11.6 Å². The maximum absolute atomic E-state index is 15.0. The Balaban J connectivity index is 1.43. The van der Waals surface area contributed by atoms with Crippen LogP contribution in [0, 0.1) is 5.92 Å². The fourth-order valence-corrected chi connectivity index (χ4v) is 8.24. The van der Waals surface area contributed by atoms with Gasteiger partial charge in [0.1, 0.15) is 11.5 Å². The second-order valence-electron chi connectivity index (χ2n) is 12.8. The normalized spacial score (nSPS) is 22.7. The number of carbonyl (C=O) groups excluding carboxylic acids is 2. The Hall–Kier alpha value is -6.17. The molecule has 0 amide bonds. The number of carbonyl (C=O) groups is 2. The first-order chi connectivity index (χ1) is 24.5. The minimum Gasteiger partial charge on any atom is -0.508 e. The van der Waals surface area contributed by atoms with E-state index in [-0.39, 0.29) is 24.1 Å². The topological polar surface area (TPSA) is 113 Å². The monoisotopic (exact) mass is 691 g/mol. The van der Waals surface area contributed by atoms with E-state index in [9.17, 15) is 32.7 Å². The second kappa shape index (κ2) is 11.7. The van der Waals surface area contributed by atoms with Gasteiger partial charge in [-0.15, -0.1) is 13.2 Å². The maximum Gasteiger partial charge on any atom is 0.573 e. The molecule has 0 bridgehead atoms. The van der Waals surface area contributed by atoms with Crippen LogP contribution in [0.5, 0.6) is 11.5 Å². The summed E-state index contributed by atoms with van der Waals surface area (Å²) in [6, 6.07) is 27.4. The number of hydrogen-bond acceptors (Lipinski definition) is 6. The molecule has 9 nitrogen and oxygen atoms in total. The van der Waals surface area contributed by atoms with Gasteiger partial charge in [-0.1, -0.05) is 84.9 Å². The lowest BCUT2D eigenvalue weighted by Crippen LogP contribution is -2.58. The number of nitrogens with zero attached hydrogens (tertiary/aromatic N) is 3. The number of ether oxygens (including phenoxy) is 1. The molecule has 4 atom stereocenters. The number of alkyl halides is 3. The van der Waals surface area contributed by atoms with Crippen molar-refractivity contribution in [2.45, 2.75) is 36.7 Å². The van der Waals surface area contributed by atoms with Gasteiger partial charge in [0.05, 0.1) is 23.7 Å². The number of phenols is 1. The van der Waals surface area contributed by atoms with E-state index >= 15 is 4.79 Å². The summed E-state index contributed by atoms with van der Waals surface area (Å²) in [6.45, 7) is -0.126. The van der Waals surface area contributed by atoms with Crippen molar-refractivity contribution in [1.29, 1.82) is 0 Å². The lowest BCUT2D eigenvalue weighted by molar-refractivity contribution is -0.274. The number of phenolic OH excluding ortho intramolecular Hbond substituents is 1. The van der Waals surface area contributed by atoms with Gasteiger partial charge >= 0.3 is 17.7 Å². The minimum absolute atomic E-state index is 0.106. The molecule has 2 heterocycles. The summed E-state index contributed by atoms with van der Waals surface area (Å²) < 4.78 is 48.4. The van der Waals surface area contributed by atoms with E-state index < -0.39 is 64.1 Å². The van der Waals surface area contributed by atoms with Crippen LogP contribution < -0.4 is 16.1 Å². The van der Waals surface area contributed by atoms with Crippen LogP contribution >= 0.6 is 0 Å². The van der Waals surface area contributed by atoms with E-state index in [0.717, 1.165) is 22.8 Å². The molecule has 1 saturated carbocycles. The van der Waals surface area contributed by atoms with Crippen LogP contribution in [0.15, 0.2) is 137 Å². The highest BCUT2D eigenvalue weighted by atomic mass is 19.4. The number of para-hydroxylation sites is 1. The number of halogens is 3. The highest BCUT2D eigenvalue weighted by Gasteiger charge is 2.63. The zero-order valence-electron chi connectivity index (χ0n) is 26.7. The van der Waals surface area contributed by atoms with Crippen LogP contribution in [0.3, 0.4) is 0 Å². The first-order valence-electron chi connectivity index (χ1n) is 16.2. The SMILES string of the molecule is O=C1C(c2ccccc2)=CC(=O)C2(c3ccccc3)C1CC1C(=CCn3c(=O)n(-c4ccccc4)c(=O)n31)C2c1cc(OC(F)(F)F)ccc1O. The van der Waals surface area contributed by atoms with E-state index in [0.29, 0.717) is 22.4 Å². The summed E-state index contributed by atoms with van der Waals surface area (Å²) >= 11 is 0. The summed E-state index contributed by atoms with van der Waals surface area (Å²) in [7, 11) is 0. The fraction of sp³-hybridized carbons (Fsp3) is 0.179. The van der Waals surface area contributed by atoms with Crippen LogP contribution in [0.25, 0.3) is 11.3 Å². The number of fused-ring (bicyclic) bond motifs is 4. The lowest BCUT2D eigenvalue weighted by atomic mass is 9.47. The molecule has 1 N–H and O–H groups in total. The zero-order valence-corrected chi connectivity index (χ0v) is 26.7. The molecule has 2 aliphatic carbocycles. The molecule has 4 aromatic carbocycles. The van der Waals surface area contributed by atoms with Crippen molar-refractivity contribution >= 4 is 17.1 Å². The summed E-state index contributed by atoms with van der Waals surface area (Å²) in [5.74, 6) is -4.49. The van der Waals surface area contributed by atoms with E-state index in [2.05, 4.69) is 4.74 Å². The van der Waals surface area contributed by atoms with Crippen molar-refractivity contribution in [3.63, 3.8) is 0 Å². The Bertz CT molecular complexity index is 2390. The van der Waals surface area contributed by atoms with Crippen LogP contribution in [0.4, 0.5) is 13.2 Å². The summed E-state index contributed by atoms with van der Waals surface area (Å²) in [6.07, 6.45) is -2.24. The van der Waals surface area contributed by atoms with E-state index in [1.807, 2.05) is 0 Å². The first kappa shape index (κ1) is 32.1. The van der Waals surface area contributed by atoms with Crippen LogP contribution in [0.2, 0.25) is 0 Å². The van der Waals surface area contributed by atoms with Crippen molar-refractivity contribution in [3.8, 4) is 17.2 Å². The van der Waals surface area contributed by atoms with Gasteiger partial charge in [0.2, 0.25) is 0 Å². The molecule has 3 aliphatic rings. The number of aromatic hydroxyl groups is 1. The van der Waals surface area contributed by atoms with Crippen molar-refractivity contribution < 1.29 is 32.6 Å². The highest BCUT2D eigenvalue weighted by molar-refractivity contribution is 6.31. The first-order valence-corrected chi connectivity index (χ1v) is 16.2. The van der Waals surface area contributed by atoms with Crippen molar-refractivity contribution in [1.82, 2.24) is 13.9 Å². The van der Waals surface area contributed by atoms with Gasteiger partial charge < -0.3 is 9.84 Å². The molecule has 5 aromatic rings. The van der Waals surface area contributed by atoms with Crippen molar-refractivity contribution in [3.05, 3.63) is 165 Å². The number of benzene rings is 4. The van der Waals surface area contributed by atoms with Crippen molar-refractivity contribution in [2.75, 3.05) is 0 Å². The van der Waals surface area contributed by atoms with Gasteiger partial charge in [-0.05, 0) is 59.5 Å². The van der Waals surface area contributed by atoms with Crippen molar-refractivity contribution in [2.24, 2.45) is 5.92 Å². The summed E-state index contributed by atoms with van der Waals surface area (Å²) in [4.78, 5) is 58.0. The third kappa shape index (κ3) is 4.92. The number of ketones is 2. The largest absolute Gasteiger partial charge is 0.573 e. The van der Waals surface area contributed by atoms with Crippen LogP contribution in [-0.2, 0) is 21.5 Å². The van der Waals surface area contributed by atoms with Crippen LogP contribution in [-0.4, -0.2) is 37.0 Å². The third-order valence-corrected chi connectivity index (χ3v) is 10.2. The molecule has 256 valence electrons. The molecule has 51 heavy (non-hydrogen) atoms. The molecule has 1 aromatic heterocycles. The molecule has 8 rings (SSSR count). The summed E-state index contributed by atoms with van der Waals surface area (Å²) in [5, 5.41) is 11.5. The quantitative estimate of drug-likeness (QED) is 0.231. The Morgan fingerprint density at radius 2 is 1.45 bits per heavy atom. The van der Waals surface area contributed by atoms with Gasteiger partial charge in [-0.3, -0.25) is 9.59 Å². The molecule has 12 heteroatoms. The Morgan fingerprint density at radius 3 is 2.12 bits per heavy atom. The standard InChI is InChI=1S/C39H28F3N3O6/c40-39(41,42)51-26-16-17-32(46)29(20-26)34-27-18-19-43-36(49)44(25-14-8-3-9-15-25)37(50)45(43)31(27)22-30-35(48)28(23-10-4-1-5-11-23)21-33(47)38(30,34)24-12-6-2-7-13-24/h1-18,20-21,30-31,34,46H,19,22H2. The van der Waals surface area contributed by atoms with Gasteiger partial charge in [0.25, 0.3) is 0 Å². The number of rotatable bonds is 5. The summed E-state index contributed by atoms with van der Waals surface area (Å²) in [5.41, 5.74) is -1.46. The molecule has 1 fully saturated rings. The molecule has 0 saturated heterocycles. The van der Waals surface area contributed by atoms with E-state index in [1.54, 1.807) is 97.1 Å². The minimum atomic E-state index is -5.07. The predicted molar refractivity (Wildman–Crippen MR) is 180 cm³/mol. The molecule has 1 aliphatic heterocycles. The van der Waals surface area contributed by atoms with Gasteiger partial charge in [-0.25, -0.2) is 23.5 Å². The molecule has 0 spiro atoms. The molecular formula is C39H28F3N3O6. The fourth-order valence-electron chi connectivity index (χ4n) is 8.24. The lowest BCUT2D eigenvalue weighted by Gasteiger charge is -2.54. The number of aromatic nitrogens is 3. The predicted octanol–water partition coefficient (Wildman–Crippen LogP) is 5.86. The average Bonchev–Trinajstić information content (AvgIpc) is 3.39.